The van der Waals surface area contributed by atoms with E-state index in [0.717, 1.165) is 34.6 Å². The third kappa shape index (κ3) is 5.15. The van der Waals surface area contributed by atoms with Crippen molar-refractivity contribution >= 4 is 23.1 Å². The number of alkyl halides is 3. The van der Waals surface area contributed by atoms with Crippen LogP contribution < -0.4 is 10.6 Å². The van der Waals surface area contributed by atoms with Crippen molar-refractivity contribution in [1.82, 2.24) is 9.97 Å². The van der Waals surface area contributed by atoms with Crippen LogP contribution in [-0.2, 0) is 6.18 Å². The molecule has 0 bridgehead atoms. The molecule has 0 unspecified atom stereocenters. The predicted molar refractivity (Wildman–Crippen MR) is 126 cm³/mol. The molecule has 0 aliphatic rings. The fourth-order valence-corrected chi connectivity index (χ4v) is 3.58. The average Bonchev–Trinajstić information content (AvgIpc) is 2.81. The molecule has 0 radical (unpaired) electrons. The van der Waals surface area contributed by atoms with Crippen molar-refractivity contribution in [3.63, 3.8) is 0 Å². The smallest absolute Gasteiger partial charge is 0.340 e. The summed E-state index contributed by atoms with van der Waals surface area (Å²) in [6, 6.07) is 19.7. The van der Waals surface area contributed by atoms with Gasteiger partial charge in [-0.2, -0.15) is 23.4 Å². The van der Waals surface area contributed by atoms with Gasteiger partial charge in [-0.25, -0.2) is 4.98 Å². The molecule has 170 valence electrons. The summed E-state index contributed by atoms with van der Waals surface area (Å²) in [7, 11) is 0. The van der Waals surface area contributed by atoms with Gasteiger partial charge in [0.05, 0.1) is 17.2 Å². The number of benzene rings is 3. The van der Waals surface area contributed by atoms with Gasteiger partial charge in [0.25, 0.3) is 0 Å². The van der Waals surface area contributed by atoms with E-state index in [1.807, 2.05) is 26.0 Å². The van der Waals surface area contributed by atoms with Gasteiger partial charge in [-0.15, -0.1) is 0 Å². The average molecular weight is 459 g/mol. The highest BCUT2D eigenvalue weighted by Crippen LogP contribution is 2.34. The van der Waals surface area contributed by atoms with Crippen molar-refractivity contribution in [2.75, 3.05) is 10.6 Å². The first-order valence-electron chi connectivity index (χ1n) is 10.4. The molecule has 2 N–H and O–H groups in total. The molecule has 4 aromatic rings. The summed E-state index contributed by atoms with van der Waals surface area (Å²) in [5.41, 5.74) is 4.39. The van der Waals surface area contributed by atoms with Gasteiger partial charge < -0.3 is 10.6 Å². The summed E-state index contributed by atoms with van der Waals surface area (Å²) in [6.45, 7) is 3.78. The van der Waals surface area contributed by atoms with Crippen LogP contribution in [0.3, 0.4) is 0 Å². The minimum absolute atomic E-state index is 0.380. The van der Waals surface area contributed by atoms with E-state index < -0.39 is 11.7 Å². The summed E-state index contributed by atoms with van der Waals surface area (Å²) >= 11 is 0. The lowest BCUT2D eigenvalue weighted by Gasteiger charge is -2.16. The quantitative estimate of drug-likeness (QED) is 0.332. The Bertz CT molecular complexity index is 1350. The Kier molecular flexibility index (Phi) is 6.19. The minimum atomic E-state index is -4.39. The number of nitriles is 1. The number of nitrogens with one attached hydrogen (secondary N) is 2. The molecule has 5 nitrogen and oxygen atoms in total. The monoisotopic (exact) mass is 459 g/mol. The van der Waals surface area contributed by atoms with Gasteiger partial charge >= 0.3 is 6.18 Å². The van der Waals surface area contributed by atoms with Crippen LogP contribution in [0.4, 0.5) is 36.3 Å². The van der Waals surface area contributed by atoms with Crippen LogP contribution in [0.15, 0.2) is 72.9 Å². The van der Waals surface area contributed by atoms with Gasteiger partial charge in [0.1, 0.15) is 5.82 Å². The number of aromatic nitrogens is 2. The Labute approximate surface area is 194 Å². The zero-order valence-corrected chi connectivity index (χ0v) is 18.4. The van der Waals surface area contributed by atoms with Crippen LogP contribution in [0.1, 0.15) is 22.3 Å². The first kappa shape index (κ1) is 22.8. The lowest BCUT2D eigenvalue weighted by atomic mass is 9.97. The molecule has 4 rings (SSSR count). The molecule has 0 aliphatic carbocycles. The summed E-state index contributed by atoms with van der Waals surface area (Å²) in [5.74, 6) is 0.940. The molecule has 34 heavy (non-hydrogen) atoms. The Balaban J connectivity index is 1.57. The van der Waals surface area contributed by atoms with Crippen molar-refractivity contribution in [2.45, 2.75) is 20.0 Å². The van der Waals surface area contributed by atoms with E-state index in [0.29, 0.717) is 28.5 Å². The molecule has 0 fully saturated rings. The van der Waals surface area contributed by atoms with Gasteiger partial charge in [-0.1, -0.05) is 12.1 Å². The number of rotatable bonds is 5. The summed E-state index contributed by atoms with van der Waals surface area (Å²) < 4.78 is 39.3. The van der Waals surface area contributed by atoms with Gasteiger partial charge in [0, 0.05) is 17.6 Å². The second-order valence-electron chi connectivity index (χ2n) is 7.77. The largest absolute Gasteiger partial charge is 0.416 e. The van der Waals surface area contributed by atoms with Crippen molar-refractivity contribution < 1.29 is 13.2 Å². The van der Waals surface area contributed by atoms with Crippen LogP contribution in [0.2, 0.25) is 0 Å². The van der Waals surface area contributed by atoms with E-state index in [1.54, 1.807) is 42.6 Å². The Morgan fingerprint density at radius 2 is 1.56 bits per heavy atom. The first-order chi connectivity index (χ1) is 16.2. The molecular formula is C26H20F3N5. The zero-order chi connectivity index (χ0) is 24.3. The second-order valence-corrected chi connectivity index (χ2v) is 7.77. The van der Waals surface area contributed by atoms with Gasteiger partial charge in [0.15, 0.2) is 0 Å². The standard InChI is InChI=1S/C26H20F3N5/c1-16-12-20(19-4-3-5-21(14-19)26(27,28)29)13-17(2)24(16)33-23-10-11-31-25(34-23)32-22-8-6-18(15-30)7-9-22/h3-14H,1-2H3,(H2,31,32,33,34). The topological polar surface area (TPSA) is 73.6 Å². The minimum Gasteiger partial charge on any atom is -0.340 e. The number of nitrogens with zero attached hydrogens (tertiary/aromatic N) is 3. The van der Waals surface area contributed by atoms with E-state index in [1.165, 1.54) is 6.07 Å². The van der Waals surface area contributed by atoms with E-state index in [9.17, 15) is 13.2 Å². The highest BCUT2D eigenvalue weighted by Gasteiger charge is 2.30. The van der Waals surface area contributed by atoms with Crippen molar-refractivity contribution in [1.29, 1.82) is 5.26 Å². The van der Waals surface area contributed by atoms with Crippen LogP contribution >= 0.6 is 0 Å². The number of hydrogen-bond donors (Lipinski definition) is 2. The fourth-order valence-electron chi connectivity index (χ4n) is 3.58. The number of halogens is 3. The van der Waals surface area contributed by atoms with Crippen LogP contribution in [0.5, 0.6) is 0 Å². The maximum Gasteiger partial charge on any atom is 0.416 e. The Hall–Kier alpha value is -4.38. The molecule has 0 saturated carbocycles. The zero-order valence-electron chi connectivity index (χ0n) is 18.4. The SMILES string of the molecule is Cc1cc(-c2cccc(C(F)(F)F)c2)cc(C)c1Nc1ccnc(Nc2ccc(C#N)cc2)n1. The lowest BCUT2D eigenvalue weighted by molar-refractivity contribution is -0.137. The molecule has 0 spiro atoms. The van der Waals surface area contributed by atoms with Gasteiger partial charge in [0.2, 0.25) is 5.95 Å². The molecule has 1 aromatic heterocycles. The molecule has 0 saturated heterocycles. The van der Waals surface area contributed by atoms with E-state index in [4.69, 9.17) is 5.26 Å². The van der Waals surface area contributed by atoms with E-state index in [2.05, 4.69) is 26.7 Å². The van der Waals surface area contributed by atoms with Gasteiger partial charge in [-0.3, -0.25) is 0 Å². The Morgan fingerprint density at radius 1 is 0.853 bits per heavy atom. The molecule has 0 atom stereocenters. The number of anilines is 4. The van der Waals surface area contributed by atoms with Crippen molar-refractivity contribution in [3.8, 4) is 17.2 Å². The molecular weight excluding hydrogens is 439 g/mol. The lowest BCUT2D eigenvalue weighted by Crippen LogP contribution is -2.04. The number of aryl methyl sites for hydroxylation is 2. The summed E-state index contributed by atoms with van der Waals surface area (Å²) in [4.78, 5) is 8.71. The van der Waals surface area contributed by atoms with Gasteiger partial charge in [-0.05, 0) is 90.7 Å². The summed E-state index contributed by atoms with van der Waals surface area (Å²) in [6.07, 6.45) is -2.78. The molecule has 0 amide bonds. The fraction of sp³-hybridized carbons (Fsp3) is 0.115. The third-order valence-corrected chi connectivity index (χ3v) is 5.23. The Morgan fingerprint density at radius 3 is 2.21 bits per heavy atom. The maximum atomic E-state index is 13.1. The summed E-state index contributed by atoms with van der Waals surface area (Å²) in [5, 5.41) is 15.3. The molecule has 0 aliphatic heterocycles. The van der Waals surface area contributed by atoms with E-state index >= 15 is 0 Å². The van der Waals surface area contributed by atoms with Crippen LogP contribution in [0, 0.1) is 25.2 Å². The maximum absolute atomic E-state index is 13.1. The normalized spacial score (nSPS) is 11.1. The third-order valence-electron chi connectivity index (χ3n) is 5.23. The number of hydrogen-bond acceptors (Lipinski definition) is 5. The predicted octanol–water partition coefficient (Wildman–Crippen LogP) is 7.14. The highest BCUT2D eigenvalue weighted by molar-refractivity contribution is 5.74. The van der Waals surface area contributed by atoms with Crippen LogP contribution in [-0.4, -0.2) is 9.97 Å². The molecule has 3 aromatic carbocycles. The van der Waals surface area contributed by atoms with E-state index in [-0.39, 0.29) is 0 Å². The van der Waals surface area contributed by atoms with Crippen molar-refractivity contribution in [3.05, 3.63) is 95.2 Å². The first-order valence-corrected chi connectivity index (χ1v) is 10.4. The molecule has 8 heteroatoms. The highest BCUT2D eigenvalue weighted by atomic mass is 19.4. The second kappa shape index (κ2) is 9.24. The molecule has 1 heterocycles. The van der Waals surface area contributed by atoms with Crippen LogP contribution in [0.25, 0.3) is 11.1 Å². The van der Waals surface area contributed by atoms with Crippen molar-refractivity contribution in [2.24, 2.45) is 0 Å².